The first-order valence-electron chi connectivity index (χ1n) is 4.27. The van der Waals surface area contributed by atoms with Gasteiger partial charge in [-0.1, -0.05) is 42.5 Å². The van der Waals surface area contributed by atoms with Crippen LogP contribution in [-0.2, 0) is 0 Å². The van der Waals surface area contributed by atoms with Crippen molar-refractivity contribution in [2.24, 2.45) is 0 Å². The van der Waals surface area contributed by atoms with Crippen molar-refractivity contribution in [3.8, 4) is 11.1 Å². The highest BCUT2D eigenvalue weighted by atomic mass is 35.5. The Balaban J connectivity index is 0.000000980. The molecule has 2 rings (SSSR count). The zero-order valence-corrected chi connectivity index (χ0v) is 9.21. The van der Waals surface area contributed by atoms with E-state index in [-0.39, 0.29) is 18.6 Å². The molecule has 0 saturated carbocycles. The molecule has 0 bridgehead atoms. The van der Waals surface area contributed by atoms with E-state index in [1.807, 2.05) is 42.5 Å². The maximum atomic E-state index is 5.60. The molecule has 3 heteroatoms. The van der Waals surface area contributed by atoms with Gasteiger partial charge in [-0.25, -0.2) is 0 Å². The third-order valence-electron chi connectivity index (χ3n) is 2.02. The predicted molar refractivity (Wildman–Crippen MR) is 68.6 cm³/mol. The van der Waals surface area contributed by atoms with E-state index in [9.17, 15) is 0 Å². The molecule has 0 aliphatic heterocycles. The molecule has 0 radical (unpaired) electrons. The minimum absolute atomic E-state index is 0. The van der Waals surface area contributed by atoms with Gasteiger partial charge in [-0.2, -0.15) is 0 Å². The average molecular weight is 223 g/mol. The maximum Gasteiger partial charge on any atom is 0.0314 e. The summed E-state index contributed by atoms with van der Waals surface area (Å²) in [4.78, 5) is 0. The van der Waals surface area contributed by atoms with Crippen molar-refractivity contribution in [3.05, 3.63) is 54.6 Å². The van der Waals surface area contributed by atoms with Gasteiger partial charge < -0.3 is 11.9 Å². The number of hydrogen-bond donors (Lipinski definition) is 2. The highest BCUT2D eigenvalue weighted by Gasteiger charge is 1.94. The summed E-state index contributed by atoms with van der Waals surface area (Å²) in [5.74, 6) is 0. The van der Waals surface area contributed by atoms with Crippen LogP contribution in [0.15, 0.2) is 54.6 Å². The van der Waals surface area contributed by atoms with Gasteiger partial charge in [-0.15, -0.1) is 12.4 Å². The summed E-state index contributed by atoms with van der Waals surface area (Å²) in [6.07, 6.45) is 0. The molecule has 0 amide bonds. The van der Waals surface area contributed by atoms with Gasteiger partial charge in [0.15, 0.2) is 0 Å². The van der Waals surface area contributed by atoms with Crippen molar-refractivity contribution >= 4 is 18.1 Å². The van der Waals surface area contributed by atoms with Crippen LogP contribution in [0.3, 0.4) is 0 Å². The van der Waals surface area contributed by atoms with E-state index in [4.69, 9.17) is 5.73 Å². The number of halogens is 1. The van der Waals surface area contributed by atoms with Crippen molar-refractivity contribution in [2.75, 3.05) is 5.73 Å². The fourth-order valence-corrected chi connectivity index (χ4v) is 1.31. The normalized spacial score (nSPS) is 8.53. The summed E-state index contributed by atoms with van der Waals surface area (Å²) in [5.41, 5.74) is 8.84. The molecule has 2 aromatic rings. The van der Waals surface area contributed by atoms with E-state index in [0.29, 0.717) is 0 Å². The third kappa shape index (κ3) is 3.27. The standard InChI is InChI=1S/C12H11N.ClH.H3N/c13-12-8-6-11(7-9-12)10-4-2-1-3-5-10;;/h1-9H,13H2;1H;1H3. The highest BCUT2D eigenvalue weighted by molar-refractivity contribution is 5.85. The van der Waals surface area contributed by atoms with Crippen molar-refractivity contribution in [1.82, 2.24) is 6.15 Å². The molecule has 80 valence electrons. The number of hydrogen-bond acceptors (Lipinski definition) is 2. The van der Waals surface area contributed by atoms with Crippen LogP contribution in [0.1, 0.15) is 0 Å². The maximum absolute atomic E-state index is 5.60. The molecule has 2 nitrogen and oxygen atoms in total. The summed E-state index contributed by atoms with van der Waals surface area (Å²) in [7, 11) is 0. The van der Waals surface area contributed by atoms with Crippen LogP contribution in [0.5, 0.6) is 0 Å². The monoisotopic (exact) mass is 222 g/mol. The lowest BCUT2D eigenvalue weighted by atomic mass is 10.1. The molecule has 0 unspecified atom stereocenters. The van der Waals surface area contributed by atoms with E-state index in [0.717, 1.165) is 5.69 Å². The Morgan fingerprint density at radius 2 is 1.13 bits per heavy atom. The summed E-state index contributed by atoms with van der Waals surface area (Å²) in [5, 5.41) is 0. The fourth-order valence-electron chi connectivity index (χ4n) is 1.31. The van der Waals surface area contributed by atoms with Gasteiger partial charge in [0.1, 0.15) is 0 Å². The van der Waals surface area contributed by atoms with Crippen molar-refractivity contribution in [1.29, 1.82) is 0 Å². The zero-order chi connectivity index (χ0) is 9.10. The number of nitrogens with two attached hydrogens (primary N) is 1. The first-order chi connectivity index (χ1) is 6.36. The van der Waals surface area contributed by atoms with Crippen LogP contribution >= 0.6 is 12.4 Å². The van der Waals surface area contributed by atoms with Gasteiger partial charge in [-0.3, -0.25) is 0 Å². The largest absolute Gasteiger partial charge is 0.399 e. The number of anilines is 1. The summed E-state index contributed by atoms with van der Waals surface area (Å²) in [6, 6.07) is 18.2. The molecule has 0 atom stereocenters. The predicted octanol–water partition coefficient (Wildman–Crippen LogP) is 3.52. The molecule has 0 aliphatic carbocycles. The van der Waals surface area contributed by atoms with Gasteiger partial charge in [-0.05, 0) is 23.3 Å². The lowest BCUT2D eigenvalue weighted by Gasteiger charge is -2.00. The molecule has 2 aromatic carbocycles. The minimum Gasteiger partial charge on any atom is -0.399 e. The fraction of sp³-hybridized carbons (Fsp3) is 0. The number of rotatable bonds is 1. The van der Waals surface area contributed by atoms with Crippen LogP contribution < -0.4 is 11.9 Å². The molecule has 0 aromatic heterocycles. The first-order valence-corrected chi connectivity index (χ1v) is 4.27. The number of benzene rings is 2. The Morgan fingerprint density at radius 1 is 0.667 bits per heavy atom. The zero-order valence-electron chi connectivity index (χ0n) is 8.39. The van der Waals surface area contributed by atoms with E-state index in [2.05, 4.69) is 12.1 Å². The second kappa shape index (κ2) is 6.06. The second-order valence-electron chi connectivity index (χ2n) is 2.99. The van der Waals surface area contributed by atoms with Crippen LogP contribution in [0.4, 0.5) is 5.69 Å². The van der Waals surface area contributed by atoms with E-state index < -0.39 is 0 Å². The first kappa shape index (κ1) is 13.5. The van der Waals surface area contributed by atoms with Crippen molar-refractivity contribution in [2.45, 2.75) is 0 Å². The summed E-state index contributed by atoms with van der Waals surface area (Å²) >= 11 is 0. The quantitative estimate of drug-likeness (QED) is 0.726. The Labute approximate surface area is 96.1 Å². The smallest absolute Gasteiger partial charge is 0.0314 e. The Kier molecular flexibility index (Phi) is 5.45. The van der Waals surface area contributed by atoms with E-state index >= 15 is 0 Å². The minimum atomic E-state index is 0. The molecule has 0 fully saturated rings. The molecule has 0 heterocycles. The van der Waals surface area contributed by atoms with Crippen LogP contribution in [0.25, 0.3) is 11.1 Å². The molecular weight excluding hydrogens is 208 g/mol. The Morgan fingerprint density at radius 3 is 1.67 bits per heavy atom. The molecule has 15 heavy (non-hydrogen) atoms. The Hall–Kier alpha value is -1.51. The van der Waals surface area contributed by atoms with Crippen LogP contribution in [-0.4, -0.2) is 0 Å². The molecular formula is C12H15ClN2. The molecule has 5 N–H and O–H groups in total. The van der Waals surface area contributed by atoms with Gasteiger partial charge in [0.05, 0.1) is 0 Å². The van der Waals surface area contributed by atoms with Gasteiger partial charge in [0.25, 0.3) is 0 Å². The van der Waals surface area contributed by atoms with Crippen molar-refractivity contribution < 1.29 is 0 Å². The summed E-state index contributed by atoms with van der Waals surface area (Å²) < 4.78 is 0. The highest BCUT2D eigenvalue weighted by Crippen LogP contribution is 2.19. The second-order valence-corrected chi connectivity index (χ2v) is 2.99. The van der Waals surface area contributed by atoms with Crippen LogP contribution in [0, 0.1) is 0 Å². The lowest BCUT2D eigenvalue weighted by molar-refractivity contribution is 1.61. The lowest BCUT2D eigenvalue weighted by Crippen LogP contribution is -1.83. The van der Waals surface area contributed by atoms with Gasteiger partial charge in [0, 0.05) is 5.69 Å². The SMILES string of the molecule is Cl.N.Nc1ccc(-c2ccccc2)cc1. The Bertz CT molecular complexity index is 384. The molecule has 0 aliphatic rings. The number of nitrogen functional groups attached to an aromatic ring is 1. The molecule has 0 spiro atoms. The third-order valence-corrected chi connectivity index (χ3v) is 2.02. The molecule has 0 saturated heterocycles. The topological polar surface area (TPSA) is 61.0 Å². The summed E-state index contributed by atoms with van der Waals surface area (Å²) in [6.45, 7) is 0. The van der Waals surface area contributed by atoms with Crippen LogP contribution in [0.2, 0.25) is 0 Å². The van der Waals surface area contributed by atoms with Gasteiger partial charge in [0.2, 0.25) is 0 Å². The van der Waals surface area contributed by atoms with Crippen molar-refractivity contribution in [3.63, 3.8) is 0 Å². The van der Waals surface area contributed by atoms with E-state index in [1.165, 1.54) is 11.1 Å². The van der Waals surface area contributed by atoms with Gasteiger partial charge >= 0.3 is 0 Å². The average Bonchev–Trinajstić information content (AvgIpc) is 2.20. The van der Waals surface area contributed by atoms with E-state index in [1.54, 1.807) is 0 Å².